The predicted octanol–water partition coefficient (Wildman–Crippen LogP) is 3.67. The highest BCUT2D eigenvalue weighted by Gasteiger charge is 2.10. The summed E-state index contributed by atoms with van der Waals surface area (Å²) in [6.45, 7) is 1.84. The van der Waals surface area contributed by atoms with Gasteiger partial charge >= 0.3 is 0 Å². The van der Waals surface area contributed by atoms with E-state index >= 15 is 0 Å². The van der Waals surface area contributed by atoms with Gasteiger partial charge in [0.2, 0.25) is 5.88 Å². The molecule has 0 spiro atoms. The average Bonchev–Trinajstić information content (AvgIpc) is 3.03. The van der Waals surface area contributed by atoms with Gasteiger partial charge in [-0.1, -0.05) is 53.7 Å². The van der Waals surface area contributed by atoms with Crippen molar-refractivity contribution in [1.29, 1.82) is 0 Å². The molecule has 0 fully saturated rings. The minimum absolute atomic E-state index is 0.0910. The van der Waals surface area contributed by atoms with Crippen LogP contribution in [0, 0.1) is 6.92 Å². The molecule has 0 unspecified atom stereocenters. The van der Waals surface area contributed by atoms with Gasteiger partial charge in [-0.2, -0.15) is 0 Å². The lowest BCUT2D eigenvalue weighted by Gasteiger charge is -2.07. The van der Waals surface area contributed by atoms with Crippen LogP contribution in [0.15, 0.2) is 65.2 Å². The number of ether oxygens (including phenoxy) is 1. The molecule has 5 heteroatoms. The van der Waals surface area contributed by atoms with Gasteiger partial charge in [0.05, 0.1) is 0 Å². The van der Waals surface area contributed by atoms with E-state index in [1.807, 2.05) is 61.5 Å². The Morgan fingerprint density at radius 2 is 1.87 bits per heavy atom. The number of para-hydroxylation sites is 1. The fourth-order valence-electron chi connectivity index (χ4n) is 2.11. The Kier molecular flexibility index (Phi) is 4.38. The lowest BCUT2D eigenvalue weighted by molar-refractivity contribution is -0.118. The molecule has 3 aromatic rings. The number of hydrogen-bond donors (Lipinski definition) is 1. The van der Waals surface area contributed by atoms with Crippen LogP contribution in [0.3, 0.4) is 0 Å². The molecular formula is C18H16N2O3. The Morgan fingerprint density at radius 1 is 1.13 bits per heavy atom. The molecule has 0 aliphatic rings. The van der Waals surface area contributed by atoms with Gasteiger partial charge in [0.25, 0.3) is 5.91 Å². The molecule has 3 rings (SSSR count). The summed E-state index contributed by atoms with van der Waals surface area (Å²) < 4.78 is 10.6. The molecule has 23 heavy (non-hydrogen) atoms. The molecule has 0 radical (unpaired) electrons. The Labute approximate surface area is 133 Å². The number of amides is 1. The zero-order valence-corrected chi connectivity index (χ0v) is 12.7. The van der Waals surface area contributed by atoms with E-state index in [0.717, 1.165) is 11.1 Å². The number of aryl methyl sites for hydroxylation is 1. The summed E-state index contributed by atoms with van der Waals surface area (Å²) in [5, 5.41) is 6.57. The summed E-state index contributed by atoms with van der Waals surface area (Å²) in [4.78, 5) is 11.9. The minimum Gasteiger partial charge on any atom is -0.483 e. The molecule has 0 bridgehead atoms. The van der Waals surface area contributed by atoms with Gasteiger partial charge < -0.3 is 9.26 Å². The van der Waals surface area contributed by atoms with E-state index < -0.39 is 0 Å². The summed E-state index contributed by atoms with van der Waals surface area (Å²) >= 11 is 0. The number of nitrogens with one attached hydrogen (secondary N) is 1. The van der Waals surface area contributed by atoms with Gasteiger partial charge in [-0.25, -0.2) is 0 Å². The third-order valence-electron chi connectivity index (χ3n) is 3.29. The van der Waals surface area contributed by atoms with E-state index in [2.05, 4.69) is 10.5 Å². The molecule has 0 saturated heterocycles. The second-order valence-corrected chi connectivity index (χ2v) is 5.04. The maximum Gasteiger partial charge on any atom is 0.264 e. The number of nitrogens with zero attached hydrogens (tertiary/aromatic N) is 1. The number of aromatic nitrogens is 1. The maximum absolute atomic E-state index is 11.9. The first kappa shape index (κ1) is 14.8. The second kappa shape index (κ2) is 6.79. The zero-order chi connectivity index (χ0) is 16.1. The Balaban J connectivity index is 1.58. The van der Waals surface area contributed by atoms with Crippen LogP contribution in [0.4, 0.5) is 5.88 Å². The van der Waals surface area contributed by atoms with Crippen molar-refractivity contribution in [2.24, 2.45) is 0 Å². The fraction of sp³-hybridized carbons (Fsp3) is 0.111. The lowest BCUT2D eigenvalue weighted by Crippen LogP contribution is -2.20. The first-order chi connectivity index (χ1) is 11.2. The standard InChI is InChI=1S/C18H16N2O3/c1-13-7-5-6-10-16(13)22-12-17(21)19-18-11-15(20-23-18)14-8-3-2-4-9-14/h2-11H,12H2,1H3,(H,19,21). The van der Waals surface area contributed by atoms with E-state index in [4.69, 9.17) is 9.26 Å². The van der Waals surface area contributed by atoms with Crippen molar-refractivity contribution < 1.29 is 14.1 Å². The summed E-state index contributed by atoms with van der Waals surface area (Å²) in [6, 6.07) is 18.8. The molecule has 0 aliphatic carbocycles. The number of rotatable bonds is 5. The van der Waals surface area contributed by atoms with Crippen molar-refractivity contribution in [3.8, 4) is 17.0 Å². The molecule has 1 amide bonds. The molecule has 1 N–H and O–H groups in total. The third-order valence-corrected chi connectivity index (χ3v) is 3.29. The number of hydrogen-bond acceptors (Lipinski definition) is 4. The van der Waals surface area contributed by atoms with Crippen LogP contribution in [-0.2, 0) is 4.79 Å². The molecule has 0 aliphatic heterocycles. The Bertz CT molecular complexity index is 797. The summed E-state index contributed by atoms with van der Waals surface area (Å²) in [5.74, 6) is 0.677. The highest BCUT2D eigenvalue weighted by molar-refractivity contribution is 5.91. The lowest BCUT2D eigenvalue weighted by atomic mass is 10.2. The molecular weight excluding hydrogens is 292 g/mol. The van der Waals surface area contributed by atoms with Crippen LogP contribution in [0.25, 0.3) is 11.3 Å². The van der Waals surface area contributed by atoms with E-state index in [-0.39, 0.29) is 12.5 Å². The average molecular weight is 308 g/mol. The van der Waals surface area contributed by atoms with Crippen molar-refractivity contribution in [3.05, 3.63) is 66.2 Å². The topological polar surface area (TPSA) is 64.4 Å². The van der Waals surface area contributed by atoms with Gasteiger partial charge in [-0.05, 0) is 18.6 Å². The van der Waals surface area contributed by atoms with E-state index in [1.165, 1.54) is 0 Å². The summed E-state index contributed by atoms with van der Waals surface area (Å²) in [6.07, 6.45) is 0. The first-order valence-electron chi connectivity index (χ1n) is 7.23. The van der Waals surface area contributed by atoms with E-state index in [1.54, 1.807) is 6.07 Å². The van der Waals surface area contributed by atoms with Crippen molar-refractivity contribution in [2.75, 3.05) is 11.9 Å². The normalized spacial score (nSPS) is 10.3. The highest BCUT2D eigenvalue weighted by Crippen LogP contribution is 2.21. The number of anilines is 1. The summed E-state index contributed by atoms with van der Waals surface area (Å²) in [7, 11) is 0. The molecule has 5 nitrogen and oxygen atoms in total. The van der Waals surface area contributed by atoms with Crippen molar-refractivity contribution in [1.82, 2.24) is 5.16 Å². The van der Waals surface area contributed by atoms with Crippen LogP contribution in [-0.4, -0.2) is 17.7 Å². The van der Waals surface area contributed by atoms with Crippen LogP contribution in [0.2, 0.25) is 0 Å². The Hall–Kier alpha value is -3.08. The molecule has 0 saturated carbocycles. The molecule has 1 heterocycles. The maximum atomic E-state index is 11.9. The van der Waals surface area contributed by atoms with Gasteiger partial charge in [0.15, 0.2) is 6.61 Å². The monoisotopic (exact) mass is 308 g/mol. The van der Waals surface area contributed by atoms with Crippen LogP contribution in [0.5, 0.6) is 5.75 Å². The van der Waals surface area contributed by atoms with Gasteiger partial charge in [-0.15, -0.1) is 0 Å². The van der Waals surface area contributed by atoms with Crippen LogP contribution >= 0.6 is 0 Å². The highest BCUT2D eigenvalue weighted by atomic mass is 16.5. The van der Waals surface area contributed by atoms with Gasteiger partial charge in [0.1, 0.15) is 11.4 Å². The molecule has 0 atom stereocenters. The molecule has 116 valence electrons. The zero-order valence-electron chi connectivity index (χ0n) is 12.7. The minimum atomic E-state index is -0.302. The number of carbonyl (C=O) groups is 1. The van der Waals surface area contributed by atoms with E-state index in [9.17, 15) is 4.79 Å². The van der Waals surface area contributed by atoms with E-state index in [0.29, 0.717) is 17.3 Å². The third kappa shape index (κ3) is 3.77. The molecule has 2 aromatic carbocycles. The SMILES string of the molecule is Cc1ccccc1OCC(=O)Nc1cc(-c2ccccc2)no1. The molecule has 1 aromatic heterocycles. The largest absolute Gasteiger partial charge is 0.483 e. The quantitative estimate of drug-likeness (QED) is 0.781. The second-order valence-electron chi connectivity index (χ2n) is 5.04. The summed E-state index contributed by atoms with van der Waals surface area (Å²) in [5.41, 5.74) is 2.57. The first-order valence-corrected chi connectivity index (χ1v) is 7.23. The number of benzene rings is 2. The van der Waals surface area contributed by atoms with Crippen LogP contribution < -0.4 is 10.1 Å². The fourth-order valence-corrected chi connectivity index (χ4v) is 2.11. The smallest absolute Gasteiger partial charge is 0.264 e. The Morgan fingerprint density at radius 3 is 2.65 bits per heavy atom. The van der Waals surface area contributed by atoms with Crippen LogP contribution in [0.1, 0.15) is 5.56 Å². The van der Waals surface area contributed by atoms with Gasteiger partial charge in [-0.3, -0.25) is 10.1 Å². The van der Waals surface area contributed by atoms with Crippen molar-refractivity contribution >= 4 is 11.8 Å². The van der Waals surface area contributed by atoms with Crippen molar-refractivity contribution in [3.63, 3.8) is 0 Å². The van der Waals surface area contributed by atoms with Crippen molar-refractivity contribution in [2.45, 2.75) is 6.92 Å². The predicted molar refractivity (Wildman–Crippen MR) is 87.2 cm³/mol. The van der Waals surface area contributed by atoms with Gasteiger partial charge in [0, 0.05) is 11.6 Å². The number of carbonyl (C=O) groups excluding carboxylic acids is 1.